The fraction of sp³-hybridized carbons (Fsp3) is 0.192. The van der Waals surface area contributed by atoms with Gasteiger partial charge in [0, 0.05) is 40.1 Å². The Bertz CT molecular complexity index is 1330. The molecule has 4 aromatic rings. The zero-order chi connectivity index (χ0) is 22.7. The molecule has 1 amide bonds. The van der Waals surface area contributed by atoms with E-state index in [4.69, 9.17) is 4.74 Å². The Morgan fingerprint density at radius 2 is 1.78 bits per heavy atom. The molecule has 0 aliphatic rings. The van der Waals surface area contributed by atoms with Gasteiger partial charge in [-0.25, -0.2) is 0 Å². The molecule has 0 saturated heterocycles. The molecule has 32 heavy (non-hydrogen) atoms. The highest BCUT2D eigenvalue weighted by atomic mass is 16.5. The number of rotatable bonds is 6. The van der Waals surface area contributed by atoms with Gasteiger partial charge in [0.1, 0.15) is 5.75 Å². The van der Waals surface area contributed by atoms with E-state index in [-0.39, 0.29) is 18.0 Å². The molecule has 2 aromatic heterocycles. The molecule has 2 heterocycles. The lowest BCUT2D eigenvalue weighted by Gasteiger charge is -2.24. The largest absolute Gasteiger partial charge is 0.494 e. The molecule has 0 unspecified atom stereocenters. The predicted octanol–water partition coefficient (Wildman–Crippen LogP) is 4.79. The molecule has 6 nitrogen and oxygen atoms in total. The highest BCUT2D eigenvalue weighted by Crippen LogP contribution is 2.24. The summed E-state index contributed by atoms with van der Waals surface area (Å²) in [5, 5.41) is 0.849. The molecular weight excluding hydrogens is 402 g/mol. The summed E-state index contributed by atoms with van der Waals surface area (Å²) in [6, 6.07) is 16.6. The van der Waals surface area contributed by atoms with Crippen LogP contribution in [0.4, 0.5) is 5.69 Å². The normalized spacial score (nSPS) is 10.8. The summed E-state index contributed by atoms with van der Waals surface area (Å²) in [5.74, 6) is 0.537. The number of H-pyrrole nitrogens is 1. The van der Waals surface area contributed by atoms with Crippen molar-refractivity contribution in [1.82, 2.24) is 9.97 Å². The van der Waals surface area contributed by atoms with Crippen LogP contribution in [0.3, 0.4) is 0 Å². The summed E-state index contributed by atoms with van der Waals surface area (Å²) in [6.45, 7) is 6.65. The molecule has 0 atom stereocenters. The van der Waals surface area contributed by atoms with Crippen LogP contribution in [-0.2, 0) is 6.54 Å². The Morgan fingerprint density at radius 1 is 1.00 bits per heavy atom. The molecule has 6 heteroatoms. The number of ether oxygens (including phenoxy) is 1. The topological polar surface area (TPSA) is 75.3 Å². The van der Waals surface area contributed by atoms with Crippen molar-refractivity contribution in [3.63, 3.8) is 0 Å². The third kappa shape index (κ3) is 4.39. The summed E-state index contributed by atoms with van der Waals surface area (Å²) in [6.07, 6.45) is 3.17. The molecule has 0 spiro atoms. The average Bonchev–Trinajstić information content (AvgIpc) is 2.80. The number of nitrogens with zero attached hydrogens (tertiary/aromatic N) is 2. The fourth-order valence-electron chi connectivity index (χ4n) is 3.60. The van der Waals surface area contributed by atoms with Gasteiger partial charge in [0.15, 0.2) is 0 Å². The van der Waals surface area contributed by atoms with Crippen LogP contribution in [0.15, 0.2) is 71.8 Å². The maximum Gasteiger partial charge on any atom is 0.258 e. The van der Waals surface area contributed by atoms with Gasteiger partial charge < -0.3 is 14.6 Å². The first-order chi connectivity index (χ1) is 15.5. The third-order valence-electron chi connectivity index (χ3n) is 5.51. The van der Waals surface area contributed by atoms with Crippen molar-refractivity contribution in [2.45, 2.75) is 27.3 Å². The van der Waals surface area contributed by atoms with E-state index in [0.29, 0.717) is 17.7 Å². The van der Waals surface area contributed by atoms with Crippen molar-refractivity contribution in [2.75, 3.05) is 11.5 Å². The number of hydrogen-bond acceptors (Lipinski definition) is 4. The summed E-state index contributed by atoms with van der Waals surface area (Å²) in [5.41, 5.74) is 4.44. The summed E-state index contributed by atoms with van der Waals surface area (Å²) < 4.78 is 5.59. The van der Waals surface area contributed by atoms with E-state index < -0.39 is 0 Å². The number of benzene rings is 2. The minimum atomic E-state index is -0.224. The molecule has 0 fully saturated rings. The number of amides is 1. The lowest BCUT2D eigenvalue weighted by Crippen LogP contribution is -2.33. The Labute approximate surface area is 186 Å². The number of carbonyl (C=O) groups excluding carboxylic acids is 1. The number of fused-ring (bicyclic) bond motifs is 1. The quantitative estimate of drug-likeness (QED) is 0.480. The molecule has 0 aliphatic heterocycles. The molecular formula is C26H25N3O3. The van der Waals surface area contributed by atoms with Crippen molar-refractivity contribution in [1.29, 1.82) is 0 Å². The Balaban J connectivity index is 1.78. The number of anilines is 1. The van der Waals surface area contributed by atoms with Crippen LogP contribution in [0.25, 0.3) is 10.9 Å². The SMILES string of the molecule is CCOc1ccc2[nH]c(=O)c(CN(C(=O)c3ccncc3)c3ccc(C)c(C)c3)cc2c1. The minimum absolute atomic E-state index is 0.133. The second-order valence-electron chi connectivity index (χ2n) is 7.70. The fourth-order valence-corrected chi connectivity index (χ4v) is 3.60. The summed E-state index contributed by atoms with van der Waals surface area (Å²) in [4.78, 5) is 34.8. The Morgan fingerprint density at radius 3 is 2.50 bits per heavy atom. The van der Waals surface area contributed by atoms with Crippen LogP contribution < -0.4 is 15.2 Å². The van der Waals surface area contributed by atoms with Gasteiger partial charge in [-0.2, -0.15) is 0 Å². The third-order valence-corrected chi connectivity index (χ3v) is 5.51. The number of carbonyl (C=O) groups is 1. The van der Waals surface area contributed by atoms with E-state index in [0.717, 1.165) is 33.5 Å². The second-order valence-corrected chi connectivity index (χ2v) is 7.70. The smallest absolute Gasteiger partial charge is 0.258 e. The van der Waals surface area contributed by atoms with Crippen LogP contribution in [0.2, 0.25) is 0 Å². The number of hydrogen-bond donors (Lipinski definition) is 1. The van der Waals surface area contributed by atoms with Crippen LogP contribution in [0, 0.1) is 13.8 Å². The highest BCUT2D eigenvalue weighted by molar-refractivity contribution is 6.06. The predicted molar refractivity (Wildman–Crippen MR) is 126 cm³/mol. The second kappa shape index (κ2) is 9.06. The van der Waals surface area contributed by atoms with Gasteiger partial charge in [-0.1, -0.05) is 6.07 Å². The monoisotopic (exact) mass is 427 g/mol. The first-order valence-electron chi connectivity index (χ1n) is 10.5. The van der Waals surface area contributed by atoms with E-state index in [1.54, 1.807) is 29.4 Å². The van der Waals surface area contributed by atoms with E-state index in [1.807, 2.05) is 63.2 Å². The van der Waals surface area contributed by atoms with Crippen molar-refractivity contribution in [3.8, 4) is 5.75 Å². The summed E-state index contributed by atoms with van der Waals surface area (Å²) in [7, 11) is 0. The molecule has 0 radical (unpaired) electrons. The number of aromatic nitrogens is 2. The van der Waals surface area contributed by atoms with Gasteiger partial charge in [0.2, 0.25) is 0 Å². The molecule has 0 saturated carbocycles. The number of pyridine rings is 2. The summed E-state index contributed by atoms with van der Waals surface area (Å²) >= 11 is 0. The maximum atomic E-state index is 13.4. The molecule has 0 bridgehead atoms. The Hall–Kier alpha value is -3.93. The number of aromatic amines is 1. The molecule has 4 rings (SSSR count). The Kier molecular flexibility index (Phi) is 6.03. The lowest BCUT2D eigenvalue weighted by molar-refractivity contribution is 0.0985. The average molecular weight is 428 g/mol. The van der Waals surface area contributed by atoms with Crippen LogP contribution in [0.1, 0.15) is 34.0 Å². The number of nitrogens with one attached hydrogen (secondary N) is 1. The first-order valence-corrected chi connectivity index (χ1v) is 10.5. The standard InChI is InChI=1S/C26H25N3O3/c1-4-32-23-7-8-24-20(15-23)14-21(25(30)28-24)16-29(22-6-5-17(2)18(3)13-22)26(31)19-9-11-27-12-10-19/h5-15H,4,16H2,1-3H3,(H,28,30). The van der Waals surface area contributed by atoms with Crippen molar-refractivity contribution in [3.05, 3.63) is 99.6 Å². The number of aryl methyl sites for hydroxylation is 2. The highest BCUT2D eigenvalue weighted by Gasteiger charge is 2.20. The van der Waals surface area contributed by atoms with Crippen LogP contribution >= 0.6 is 0 Å². The van der Waals surface area contributed by atoms with Crippen LogP contribution in [0.5, 0.6) is 5.75 Å². The molecule has 1 N–H and O–H groups in total. The van der Waals surface area contributed by atoms with Gasteiger partial charge in [0.25, 0.3) is 11.5 Å². The van der Waals surface area contributed by atoms with E-state index in [2.05, 4.69) is 9.97 Å². The van der Waals surface area contributed by atoms with Crippen molar-refractivity contribution < 1.29 is 9.53 Å². The van der Waals surface area contributed by atoms with Crippen molar-refractivity contribution in [2.24, 2.45) is 0 Å². The zero-order valence-electron chi connectivity index (χ0n) is 18.4. The van der Waals surface area contributed by atoms with E-state index in [1.165, 1.54) is 0 Å². The zero-order valence-corrected chi connectivity index (χ0v) is 18.4. The van der Waals surface area contributed by atoms with E-state index >= 15 is 0 Å². The minimum Gasteiger partial charge on any atom is -0.494 e. The lowest BCUT2D eigenvalue weighted by atomic mass is 10.1. The maximum absolute atomic E-state index is 13.4. The van der Waals surface area contributed by atoms with Crippen molar-refractivity contribution >= 4 is 22.5 Å². The molecule has 162 valence electrons. The van der Waals surface area contributed by atoms with Gasteiger partial charge in [-0.3, -0.25) is 14.6 Å². The molecule has 2 aromatic carbocycles. The van der Waals surface area contributed by atoms with Gasteiger partial charge >= 0.3 is 0 Å². The van der Waals surface area contributed by atoms with Crippen LogP contribution in [-0.4, -0.2) is 22.5 Å². The molecule has 0 aliphatic carbocycles. The van der Waals surface area contributed by atoms with Gasteiger partial charge in [-0.15, -0.1) is 0 Å². The van der Waals surface area contributed by atoms with Gasteiger partial charge in [0.05, 0.1) is 13.2 Å². The van der Waals surface area contributed by atoms with E-state index in [9.17, 15) is 9.59 Å². The van der Waals surface area contributed by atoms with Gasteiger partial charge in [-0.05, 0) is 80.4 Å². The first kappa shape index (κ1) is 21.3.